The van der Waals surface area contributed by atoms with E-state index in [1.165, 1.54) is 4.52 Å². The fraction of sp³-hybridized carbons (Fsp3) is 0.500. The van der Waals surface area contributed by atoms with Gasteiger partial charge in [0.1, 0.15) is 0 Å². The van der Waals surface area contributed by atoms with Crippen molar-refractivity contribution in [1.29, 1.82) is 0 Å². The number of rotatable bonds is 1. The number of H-pyrrole nitrogens is 1. The van der Waals surface area contributed by atoms with Gasteiger partial charge in [-0.05, 0) is 5.92 Å². The van der Waals surface area contributed by atoms with Crippen LogP contribution in [0.15, 0.2) is 10.9 Å². The first-order chi connectivity index (χ1) is 8.16. The summed E-state index contributed by atoms with van der Waals surface area (Å²) in [4.78, 5) is 16.8. The number of hydrogen-bond donors (Lipinski definition) is 1. The molecule has 0 spiro atoms. The van der Waals surface area contributed by atoms with Crippen molar-refractivity contribution in [3.05, 3.63) is 33.4 Å². The highest BCUT2D eigenvalue weighted by Crippen LogP contribution is 2.16. The molecule has 2 aromatic heterocycles. The van der Waals surface area contributed by atoms with Crippen LogP contribution in [0.5, 0.6) is 0 Å². The van der Waals surface area contributed by atoms with Gasteiger partial charge in [-0.15, -0.1) is 0 Å². The van der Waals surface area contributed by atoms with Crippen LogP contribution in [0.1, 0.15) is 36.7 Å². The smallest absolute Gasteiger partial charge is 0.278 e. The molecule has 0 aromatic carbocycles. The maximum atomic E-state index is 12.2. The molecule has 0 atom stereocenters. The van der Waals surface area contributed by atoms with E-state index < -0.39 is 0 Å². The van der Waals surface area contributed by atoms with Crippen LogP contribution in [-0.4, -0.2) is 21.2 Å². The van der Waals surface area contributed by atoms with Crippen molar-refractivity contribution in [3.8, 4) is 0 Å². The van der Waals surface area contributed by atoms with Gasteiger partial charge >= 0.3 is 0 Å². The van der Waals surface area contributed by atoms with Gasteiger partial charge in [0.25, 0.3) is 5.56 Å². The molecule has 0 saturated heterocycles. The number of aromatic amines is 1. The van der Waals surface area contributed by atoms with Gasteiger partial charge < -0.3 is 4.74 Å². The summed E-state index contributed by atoms with van der Waals surface area (Å²) in [6.45, 7) is 5.19. The highest BCUT2D eigenvalue weighted by molar-refractivity contribution is 5.42. The highest BCUT2D eigenvalue weighted by Gasteiger charge is 2.18. The largest absolute Gasteiger partial charge is 0.376 e. The number of nitrogens with one attached hydrogen (secondary N) is 1. The average Bonchev–Trinajstić information content (AvgIpc) is 2.74. The lowest BCUT2D eigenvalue weighted by molar-refractivity contribution is 0.108. The molecule has 90 valence electrons. The molecule has 5 heteroatoms. The second-order valence-electron chi connectivity index (χ2n) is 4.70. The highest BCUT2D eigenvalue weighted by atomic mass is 16.5. The van der Waals surface area contributed by atoms with Crippen molar-refractivity contribution in [2.24, 2.45) is 0 Å². The minimum absolute atomic E-state index is 0.0309. The second kappa shape index (κ2) is 3.70. The first-order valence-corrected chi connectivity index (χ1v) is 5.88. The topological polar surface area (TPSA) is 59.4 Å². The van der Waals surface area contributed by atoms with E-state index in [9.17, 15) is 4.79 Å². The van der Waals surface area contributed by atoms with E-state index in [0.29, 0.717) is 30.3 Å². The predicted molar refractivity (Wildman–Crippen MR) is 63.3 cm³/mol. The quantitative estimate of drug-likeness (QED) is 0.805. The molecule has 0 radical (unpaired) electrons. The molecule has 5 nitrogen and oxygen atoms in total. The minimum Gasteiger partial charge on any atom is -0.376 e. The average molecular weight is 233 g/mol. The van der Waals surface area contributed by atoms with E-state index in [0.717, 1.165) is 17.8 Å². The van der Waals surface area contributed by atoms with Gasteiger partial charge in [0, 0.05) is 18.2 Å². The molecule has 0 unspecified atom stereocenters. The normalized spacial score (nSPS) is 15.5. The van der Waals surface area contributed by atoms with Crippen LogP contribution in [0, 0.1) is 0 Å². The molecular formula is C12H15N3O2. The molecule has 17 heavy (non-hydrogen) atoms. The van der Waals surface area contributed by atoms with E-state index in [1.54, 1.807) is 0 Å². The molecule has 0 bridgehead atoms. The van der Waals surface area contributed by atoms with Crippen molar-refractivity contribution in [2.45, 2.75) is 32.8 Å². The molecule has 1 aliphatic heterocycles. The molecule has 3 heterocycles. The third-order valence-corrected chi connectivity index (χ3v) is 3.17. The van der Waals surface area contributed by atoms with Crippen molar-refractivity contribution in [2.75, 3.05) is 6.61 Å². The van der Waals surface area contributed by atoms with Gasteiger partial charge in [0.15, 0.2) is 5.65 Å². The number of hydrogen-bond acceptors (Lipinski definition) is 3. The van der Waals surface area contributed by atoms with E-state index in [4.69, 9.17) is 4.74 Å². The van der Waals surface area contributed by atoms with Crippen molar-refractivity contribution < 1.29 is 4.74 Å². The van der Waals surface area contributed by atoms with E-state index in [2.05, 4.69) is 23.9 Å². The van der Waals surface area contributed by atoms with Gasteiger partial charge in [0.05, 0.1) is 24.5 Å². The van der Waals surface area contributed by atoms with E-state index in [-0.39, 0.29) is 5.56 Å². The lowest BCUT2D eigenvalue weighted by Gasteiger charge is -2.14. The van der Waals surface area contributed by atoms with Crippen LogP contribution in [0.4, 0.5) is 0 Å². The molecule has 0 aliphatic carbocycles. The Bertz CT molecular complexity index is 624. The maximum absolute atomic E-state index is 12.2. The van der Waals surface area contributed by atoms with Crippen LogP contribution in [0.25, 0.3) is 5.65 Å². The summed E-state index contributed by atoms with van der Waals surface area (Å²) in [5, 5.41) is 3.10. The van der Waals surface area contributed by atoms with E-state index >= 15 is 0 Å². The van der Waals surface area contributed by atoms with Gasteiger partial charge in [-0.3, -0.25) is 9.89 Å². The predicted octanol–water partition coefficient (Wildman–Crippen LogP) is 1.22. The summed E-state index contributed by atoms with van der Waals surface area (Å²) in [7, 11) is 0. The van der Waals surface area contributed by atoms with E-state index in [1.807, 2.05) is 6.07 Å². The molecule has 3 rings (SSSR count). The third-order valence-electron chi connectivity index (χ3n) is 3.17. The Balaban J connectivity index is 2.29. The standard InChI is InChI=1S/C12H15N3O2/c1-7(2)10-5-11-13-9-3-4-17-6-8(9)12(16)15(11)14-10/h5,7,14H,3-4,6H2,1-2H3. The summed E-state index contributed by atoms with van der Waals surface area (Å²) >= 11 is 0. The number of fused-ring (bicyclic) bond motifs is 2. The van der Waals surface area contributed by atoms with Gasteiger partial charge in [-0.1, -0.05) is 13.8 Å². The van der Waals surface area contributed by atoms with Gasteiger partial charge in [-0.2, -0.15) is 0 Å². The second-order valence-corrected chi connectivity index (χ2v) is 4.70. The van der Waals surface area contributed by atoms with Gasteiger partial charge in [-0.25, -0.2) is 9.50 Å². The zero-order valence-electron chi connectivity index (χ0n) is 9.99. The fourth-order valence-corrected chi connectivity index (χ4v) is 2.11. The lowest BCUT2D eigenvalue weighted by atomic mass is 10.1. The summed E-state index contributed by atoms with van der Waals surface area (Å²) < 4.78 is 6.83. The zero-order valence-corrected chi connectivity index (χ0v) is 9.99. The molecule has 1 aliphatic rings. The van der Waals surface area contributed by atoms with Gasteiger partial charge in [0.2, 0.25) is 0 Å². The van der Waals surface area contributed by atoms with Crippen LogP contribution in [0.2, 0.25) is 0 Å². The number of aromatic nitrogens is 3. The summed E-state index contributed by atoms with van der Waals surface area (Å²) in [5.41, 5.74) is 3.27. The third kappa shape index (κ3) is 1.58. The Morgan fingerprint density at radius 2 is 2.35 bits per heavy atom. The summed E-state index contributed by atoms with van der Waals surface area (Å²) in [6.07, 6.45) is 0.725. The summed E-state index contributed by atoms with van der Waals surface area (Å²) in [5.74, 6) is 0.351. The molecule has 2 aromatic rings. The Kier molecular flexibility index (Phi) is 2.29. The molecule has 0 fully saturated rings. The van der Waals surface area contributed by atoms with Crippen LogP contribution >= 0.6 is 0 Å². The Morgan fingerprint density at radius 3 is 3.12 bits per heavy atom. The monoisotopic (exact) mass is 233 g/mol. The van der Waals surface area contributed by atoms with Crippen molar-refractivity contribution >= 4 is 5.65 Å². The minimum atomic E-state index is -0.0309. The number of nitrogens with zero attached hydrogens (tertiary/aromatic N) is 2. The number of ether oxygens (including phenoxy) is 1. The van der Waals surface area contributed by atoms with Crippen LogP contribution in [-0.2, 0) is 17.8 Å². The molecular weight excluding hydrogens is 218 g/mol. The Morgan fingerprint density at radius 1 is 1.53 bits per heavy atom. The zero-order chi connectivity index (χ0) is 12.0. The molecule has 0 saturated carbocycles. The SMILES string of the molecule is CC(C)c1cc2nc3c(c(=O)n2[nH]1)COCC3. The summed E-state index contributed by atoms with van der Waals surface area (Å²) in [6, 6.07) is 1.95. The Hall–Kier alpha value is -1.62. The Labute approximate surface area is 98.4 Å². The van der Waals surface area contributed by atoms with Crippen molar-refractivity contribution in [1.82, 2.24) is 14.6 Å². The first-order valence-electron chi connectivity index (χ1n) is 5.88. The van der Waals surface area contributed by atoms with Crippen molar-refractivity contribution in [3.63, 3.8) is 0 Å². The van der Waals surface area contributed by atoms with Crippen LogP contribution in [0.3, 0.4) is 0 Å². The fourth-order valence-electron chi connectivity index (χ4n) is 2.11. The molecule has 0 amide bonds. The lowest BCUT2D eigenvalue weighted by Crippen LogP contribution is -2.27. The molecule has 1 N–H and O–H groups in total. The van der Waals surface area contributed by atoms with Crippen LogP contribution < -0.4 is 5.56 Å². The maximum Gasteiger partial charge on any atom is 0.278 e. The first kappa shape index (κ1) is 10.5.